The van der Waals surface area contributed by atoms with Crippen molar-refractivity contribution in [3.05, 3.63) is 18.2 Å². The molecule has 2 aliphatic heterocycles. The summed E-state index contributed by atoms with van der Waals surface area (Å²) < 4.78 is 23.5. The smallest absolute Gasteiger partial charge is 0.231 e. The first-order valence-corrected chi connectivity index (χ1v) is 10.7. The molecule has 5 nitrogen and oxygen atoms in total. The van der Waals surface area contributed by atoms with E-state index in [1.807, 2.05) is 12.1 Å². The maximum absolute atomic E-state index is 12.4. The van der Waals surface area contributed by atoms with Crippen molar-refractivity contribution in [1.82, 2.24) is 4.90 Å². The number of piperazine rings is 1. The molecule has 6 heteroatoms. The summed E-state index contributed by atoms with van der Waals surface area (Å²) in [5.74, 6) is 2.70. The molecular formula is C22H31FN2O3. The fraction of sp³-hybridized carbons (Fsp3) is 0.682. The zero-order valence-corrected chi connectivity index (χ0v) is 16.6. The van der Waals surface area contributed by atoms with E-state index in [4.69, 9.17) is 9.47 Å². The first-order valence-electron chi connectivity index (χ1n) is 10.7. The van der Waals surface area contributed by atoms with E-state index in [1.165, 1.54) is 19.3 Å². The number of benzene rings is 1. The van der Waals surface area contributed by atoms with Crippen LogP contribution in [0.5, 0.6) is 11.5 Å². The average Bonchev–Trinajstić information content (AvgIpc) is 3.22. The number of para-hydroxylation sites is 1. The van der Waals surface area contributed by atoms with Gasteiger partial charge in [0.2, 0.25) is 6.79 Å². The molecule has 1 saturated carbocycles. The van der Waals surface area contributed by atoms with E-state index in [0.717, 1.165) is 68.7 Å². The molecule has 0 amide bonds. The van der Waals surface area contributed by atoms with Gasteiger partial charge in [0.15, 0.2) is 17.3 Å². The second-order valence-corrected chi connectivity index (χ2v) is 8.39. The van der Waals surface area contributed by atoms with Gasteiger partial charge >= 0.3 is 0 Å². The highest BCUT2D eigenvalue weighted by molar-refractivity contribution is 5.79. The fourth-order valence-corrected chi connectivity index (χ4v) is 4.84. The van der Waals surface area contributed by atoms with Gasteiger partial charge in [-0.1, -0.05) is 18.9 Å². The zero-order valence-electron chi connectivity index (χ0n) is 16.6. The number of alkyl halides is 1. The Kier molecular flexibility index (Phi) is 6.35. The Morgan fingerprint density at radius 2 is 1.79 bits per heavy atom. The number of halogens is 1. The molecule has 0 atom stereocenters. The summed E-state index contributed by atoms with van der Waals surface area (Å²) in [7, 11) is 0. The van der Waals surface area contributed by atoms with Crippen LogP contribution in [0.3, 0.4) is 0 Å². The van der Waals surface area contributed by atoms with Gasteiger partial charge in [-0.3, -0.25) is 9.69 Å². The third-order valence-electron chi connectivity index (χ3n) is 6.57. The first kappa shape index (κ1) is 19.5. The minimum Gasteiger partial charge on any atom is -0.454 e. The molecule has 1 aromatic rings. The van der Waals surface area contributed by atoms with Crippen LogP contribution in [0.1, 0.15) is 38.5 Å². The van der Waals surface area contributed by atoms with E-state index in [9.17, 15) is 9.18 Å². The van der Waals surface area contributed by atoms with Crippen molar-refractivity contribution in [3.63, 3.8) is 0 Å². The fourth-order valence-electron chi connectivity index (χ4n) is 4.84. The highest BCUT2D eigenvalue weighted by Gasteiger charge is 2.26. The summed E-state index contributed by atoms with van der Waals surface area (Å²) in [6.07, 6.45) is 6.25. The largest absolute Gasteiger partial charge is 0.454 e. The van der Waals surface area contributed by atoms with Gasteiger partial charge in [-0.2, -0.15) is 0 Å². The van der Waals surface area contributed by atoms with E-state index < -0.39 is 6.67 Å². The van der Waals surface area contributed by atoms with Gasteiger partial charge in [0.05, 0.1) is 5.69 Å². The maximum atomic E-state index is 12.4. The van der Waals surface area contributed by atoms with E-state index in [1.54, 1.807) is 0 Å². The Hall–Kier alpha value is -1.82. The average molecular weight is 390 g/mol. The molecule has 4 rings (SSSR count). The second kappa shape index (κ2) is 9.12. The molecule has 0 unspecified atom stereocenters. The Morgan fingerprint density at radius 1 is 1.04 bits per heavy atom. The molecule has 0 N–H and O–H groups in total. The number of anilines is 1. The molecule has 28 heavy (non-hydrogen) atoms. The van der Waals surface area contributed by atoms with Crippen LogP contribution in [0.25, 0.3) is 0 Å². The number of hydrogen-bond donors (Lipinski definition) is 0. The lowest BCUT2D eigenvalue weighted by molar-refractivity contribution is -0.121. The number of ketones is 1. The van der Waals surface area contributed by atoms with Crippen molar-refractivity contribution in [2.45, 2.75) is 38.5 Å². The number of fused-ring (bicyclic) bond motifs is 1. The summed E-state index contributed by atoms with van der Waals surface area (Å²) >= 11 is 0. The van der Waals surface area contributed by atoms with E-state index in [-0.39, 0.29) is 5.78 Å². The highest BCUT2D eigenvalue weighted by Crippen LogP contribution is 2.41. The number of ether oxygens (including phenoxy) is 2. The summed E-state index contributed by atoms with van der Waals surface area (Å²) in [5, 5.41) is 0. The van der Waals surface area contributed by atoms with Crippen molar-refractivity contribution >= 4 is 11.5 Å². The molecule has 0 aromatic heterocycles. The van der Waals surface area contributed by atoms with E-state index in [0.29, 0.717) is 19.1 Å². The van der Waals surface area contributed by atoms with Crippen LogP contribution in [0.15, 0.2) is 18.2 Å². The minimum absolute atomic E-state index is 0.220. The number of carbonyl (C=O) groups is 1. The van der Waals surface area contributed by atoms with Gasteiger partial charge in [0.1, 0.15) is 6.67 Å². The van der Waals surface area contributed by atoms with Crippen molar-refractivity contribution in [3.8, 4) is 11.5 Å². The van der Waals surface area contributed by atoms with Gasteiger partial charge in [0.25, 0.3) is 0 Å². The predicted octanol–water partition coefficient (Wildman–Crippen LogP) is 3.66. The van der Waals surface area contributed by atoms with Crippen molar-refractivity contribution in [2.75, 3.05) is 51.1 Å². The number of nitrogens with zero attached hydrogens (tertiary/aromatic N) is 2. The van der Waals surface area contributed by atoms with Crippen LogP contribution in [0.2, 0.25) is 0 Å². The van der Waals surface area contributed by atoms with Crippen LogP contribution in [-0.4, -0.2) is 56.9 Å². The molecule has 154 valence electrons. The van der Waals surface area contributed by atoms with Crippen molar-refractivity contribution < 1.29 is 18.7 Å². The lowest BCUT2D eigenvalue weighted by atomic mass is 9.78. The van der Waals surface area contributed by atoms with Gasteiger partial charge in [-0.05, 0) is 49.8 Å². The topological polar surface area (TPSA) is 42.0 Å². The zero-order chi connectivity index (χ0) is 19.3. The second-order valence-electron chi connectivity index (χ2n) is 8.39. The SMILES string of the molecule is O=C(CF)CC1CCC(CCN2CCN(c3cccc4c3OCO4)CC2)CC1. The Bertz CT molecular complexity index is 668. The van der Waals surface area contributed by atoms with Gasteiger partial charge in [0, 0.05) is 32.6 Å². The monoisotopic (exact) mass is 390 g/mol. The number of Topliss-reactive ketones (excluding diaryl/α,β-unsaturated/α-hetero) is 1. The quantitative estimate of drug-likeness (QED) is 0.711. The number of carbonyl (C=O) groups excluding carboxylic acids is 1. The standard InChI is InChI=1S/C22H31FN2O3/c23-15-19(26)14-18-6-4-17(5-7-18)8-9-24-10-12-25(13-11-24)20-2-1-3-21-22(20)28-16-27-21/h1-3,17-18H,4-16H2. The normalized spacial score (nSPS) is 25.1. The third kappa shape index (κ3) is 4.59. The molecule has 1 aliphatic carbocycles. The van der Waals surface area contributed by atoms with Gasteiger partial charge in [-0.15, -0.1) is 0 Å². The Balaban J connectivity index is 1.18. The molecule has 3 aliphatic rings. The summed E-state index contributed by atoms with van der Waals surface area (Å²) in [6.45, 7) is 4.85. The predicted molar refractivity (Wildman–Crippen MR) is 107 cm³/mol. The molecular weight excluding hydrogens is 359 g/mol. The van der Waals surface area contributed by atoms with Gasteiger partial charge < -0.3 is 14.4 Å². The minimum atomic E-state index is -0.795. The summed E-state index contributed by atoms with van der Waals surface area (Å²) in [6, 6.07) is 6.12. The van der Waals surface area contributed by atoms with Crippen LogP contribution in [0.4, 0.5) is 10.1 Å². The Morgan fingerprint density at radius 3 is 2.54 bits per heavy atom. The van der Waals surface area contributed by atoms with Crippen LogP contribution in [-0.2, 0) is 4.79 Å². The lowest BCUT2D eigenvalue weighted by Gasteiger charge is -2.37. The molecule has 2 fully saturated rings. The summed E-state index contributed by atoms with van der Waals surface area (Å²) in [5.41, 5.74) is 1.15. The summed E-state index contributed by atoms with van der Waals surface area (Å²) in [4.78, 5) is 16.2. The molecule has 0 bridgehead atoms. The maximum Gasteiger partial charge on any atom is 0.231 e. The third-order valence-corrected chi connectivity index (χ3v) is 6.57. The Labute approximate surface area is 166 Å². The highest BCUT2D eigenvalue weighted by atomic mass is 19.1. The van der Waals surface area contributed by atoms with Crippen molar-refractivity contribution in [2.24, 2.45) is 11.8 Å². The molecule has 2 heterocycles. The number of hydrogen-bond acceptors (Lipinski definition) is 5. The van der Waals surface area contributed by atoms with Crippen LogP contribution < -0.4 is 14.4 Å². The van der Waals surface area contributed by atoms with Gasteiger partial charge in [-0.25, -0.2) is 4.39 Å². The first-order chi connectivity index (χ1) is 13.7. The van der Waals surface area contributed by atoms with E-state index in [2.05, 4.69) is 15.9 Å². The molecule has 1 saturated heterocycles. The van der Waals surface area contributed by atoms with E-state index >= 15 is 0 Å². The lowest BCUT2D eigenvalue weighted by Crippen LogP contribution is -2.47. The molecule has 0 radical (unpaired) electrons. The van der Waals surface area contributed by atoms with Crippen LogP contribution >= 0.6 is 0 Å². The number of rotatable bonds is 7. The van der Waals surface area contributed by atoms with Crippen LogP contribution in [0, 0.1) is 11.8 Å². The van der Waals surface area contributed by atoms with Crippen molar-refractivity contribution in [1.29, 1.82) is 0 Å². The molecule has 0 spiro atoms. The molecule has 1 aromatic carbocycles.